The van der Waals surface area contributed by atoms with Gasteiger partial charge in [0.25, 0.3) is 0 Å². The zero-order valence-corrected chi connectivity index (χ0v) is 15.7. The summed E-state index contributed by atoms with van der Waals surface area (Å²) in [6.07, 6.45) is 0.208. The normalized spacial score (nSPS) is 12.5. The summed E-state index contributed by atoms with van der Waals surface area (Å²) in [7, 11) is 1.71. The van der Waals surface area contributed by atoms with Gasteiger partial charge in [0.2, 0.25) is 5.91 Å². The van der Waals surface area contributed by atoms with E-state index in [0.29, 0.717) is 5.69 Å². The Hall–Kier alpha value is -3.39. The monoisotopic (exact) mass is 385 g/mol. The number of hydrogen-bond donors (Lipinski definition) is 4. The Morgan fingerprint density at radius 2 is 1.64 bits per heavy atom. The van der Waals surface area contributed by atoms with Gasteiger partial charge in [-0.25, -0.2) is 9.59 Å². The Kier molecular flexibility index (Phi) is 6.73. The van der Waals surface area contributed by atoms with E-state index >= 15 is 0 Å². The van der Waals surface area contributed by atoms with Crippen LogP contribution in [0.5, 0.6) is 0 Å². The third kappa shape index (κ3) is 5.82. The number of aliphatic hydroxyl groups is 1. The van der Waals surface area contributed by atoms with Gasteiger partial charge >= 0.3 is 12.0 Å². The lowest BCUT2D eigenvalue weighted by Gasteiger charge is -2.18. The van der Waals surface area contributed by atoms with Crippen LogP contribution in [0.4, 0.5) is 16.2 Å². The average molecular weight is 385 g/mol. The molecule has 28 heavy (non-hydrogen) atoms. The number of aliphatic carboxylic acids is 1. The van der Waals surface area contributed by atoms with Crippen LogP contribution in [0.15, 0.2) is 54.6 Å². The van der Waals surface area contributed by atoms with Gasteiger partial charge in [-0.15, -0.1) is 0 Å². The Balaban J connectivity index is 1.88. The number of hydrogen-bond acceptors (Lipinski definition) is 4. The third-order valence-electron chi connectivity index (χ3n) is 4.14. The van der Waals surface area contributed by atoms with Crippen molar-refractivity contribution in [1.82, 2.24) is 5.32 Å². The highest BCUT2D eigenvalue weighted by Crippen LogP contribution is 2.15. The van der Waals surface area contributed by atoms with Crippen LogP contribution in [0, 0.1) is 0 Å². The molecule has 1 atom stereocenters. The standard InChI is InChI=1S/C20H23N3O5/c1-20(28,18(25)26)13-21-19(27)22-15-10-8-14(9-11-15)12-17(24)23(2)16-6-4-3-5-7-16/h3-11,28H,12-13H2,1-2H3,(H,25,26)(H2,21,22,27). The topological polar surface area (TPSA) is 119 Å². The number of carboxylic acids is 1. The molecule has 0 fully saturated rings. The van der Waals surface area contributed by atoms with Crippen molar-refractivity contribution in [3.05, 3.63) is 60.2 Å². The molecular weight excluding hydrogens is 362 g/mol. The molecular formula is C20H23N3O5. The lowest BCUT2D eigenvalue weighted by atomic mass is 10.1. The van der Waals surface area contributed by atoms with Crippen molar-refractivity contribution in [1.29, 1.82) is 0 Å². The molecule has 0 aromatic heterocycles. The first-order valence-electron chi connectivity index (χ1n) is 8.60. The molecule has 0 radical (unpaired) electrons. The van der Waals surface area contributed by atoms with Crippen LogP contribution in [-0.4, -0.2) is 47.3 Å². The third-order valence-corrected chi connectivity index (χ3v) is 4.14. The molecule has 0 spiro atoms. The second-order valence-corrected chi connectivity index (χ2v) is 6.55. The average Bonchev–Trinajstić information content (AvgIpc) is 2.68. The number of benzene rings is 2. The molecule has 0 aliphatic carbocycles. The fourth-order valence-corrected chi connectivity index (χ4v) is 2.30. The number of carbonyl (C=O) groups excluding carboxylic acids is 2. The number of nitrogens with zero attached hydrogens (tertiary/aromatic N) is 1. The highest BCUT2D eigenvalue weighted by atomic mass is 16.4. The number of anilines is 2. The molecule has 0 saturated carbocycles. The predicted molar refractivity (Wildman–Crippen MR) is 105 cm³/mol. The van der Waals surface area contributed by atoms with Gasteiger partial charge in [0.05, 0.1) is 13.0 Å². The van der Waals surface area contributed by atoms with Crippen molar-refractivity contribution in [2.75, 3.05) is 23.8 Å². The minimum Gasteiger partial charge on any atom is -0.479 e. The lowest BCUT2D eigenvalue weighted by molar-refractivity contribution is -0.155. The van der Waals surface area contributed by atoms with Crippen molar-refractivity contribution in [2.45, 2.75) is 18.9 Å². The van der Waals surface area contributed by atoms with Gasteiger partial charge in [-0.2, -0.15) is 0 Å². The predicted octanol–water partition coefficient (Wildman–Crippen LogP) is 1.85. The molecule has 0 saturated heterocycles. The molecule has 0 aliphatic heterocycles. The van der Waals surface area contributed by atoms with E-state index in [1.807, 2.05) is 30.3 Å². The van der Waals surface area contributed by atoms with E-state index in [1.165, 1.54) is 0 Å². The second kappa shape index (κ2) is 9.01. The van der Waals surface area contributed by atoms with Crippen LogP contribution in [0.1, 0.15) is 12.5 Å². The number of rotatable bonds is 7. The summed E-state index contributed by atoms with van der Waals surface area (Å²) in [5, 5.41) is 23.2. The zero-order valence-electron chi connectivity index (χ0n) is 15.7. The van der Waals surface area contributed by atoms with Crippen LogP contribution in [0.3, 0.4) is 0 Å². The van der Waals surface area contributed by atoms with Crippen LogP contribution in [0.2, 0.25) is 0 Å². The van der Waals surface area contributed by atoms with E-state index < -0.39 is 24.1 Å². The van der Waals surface area contributed by atoms with Crippen molar-refractivity contribution in [3.63, 3.8) is 0 Å². The first-order valence-corrected chi connectivity index (χ1v) is 8.60. The van der Waals surface area contributed by atoms with E-state index in [9.17, 15) is 19.5 Å². The Morgan fingerprint density at radius 3 is 2.21 bits per heavy atom. The molecule has 2 aromatic carbocycles. The number of amides is 3. The zero-order chi connectivity index (χ0) is 20.7. The summed E-state index contributed by atoms with van der Waals surface area (Å²) in [6.45, 7) is 0.653. The maximum Gasteiger partial charge on any atom is 0.337 e. The van der Waals surface area contributed by atoms with E-state index in [4.69, 9.17) is 5.11 Å². The van der Waals surface area contributed by atoms with Crippen molar-refractivity contribution in [3.8, 4) is 0 Å². The highest BCUT2D eigenvalue weighted by molar-refractivity contribution is 5.94. The van der Waals surface area contributed by atoms with Crippen LogP contribution < -0.4 is 15.5 Å². The van der Waals surface area contributed by atoms with Gasteiger partial charge in [-0.05, 0) is 36.8 Å². The maximum atomic E-state index is 12.4. The van der Waals surface area contributed by atoms with Gasteiger partial charge in [-0.3, -0.25) is 4.79 Å². The fraction of sp³-hybridized carbons (Fsp3) is 0.250. The molecule has 4 N–H and O–H groups in total. The van der Waals surface area contributed by atoms with Gasteiger partial charge in [0, 0.05) is 18.4 Å². The Morgan fingerprint density at radius 1 is 1.04 bits per heavy atom. The van der Waals surface area contributed by atoms with Crippen LogP contribution >= 0.6 is 0 Å². The molecule has 1 unspecified atom stereocenters. The quantitative estimate of drug-likeness (QED) is 0.580. The number of para-hydroxylation sites is 1. The SMILES string of the molecule is CN(C(=O)Cc1ccc(NC(=O)NCC(C)(O)C(=O)O)cc1)c1ccccc1. The Labute approximate surface area is 162 Å². The van der Waals surface area contributed by atoms with Crippen molar-refractivity contribution < 1.29 is 24.6 Å². The van der Waals surface area contributed by atoms with E-state index in [1.54, 1.807) is 36.2 Å². The molecule has 148 valence electrons. The summed E-state index contributed by atoms with van der Waals surface area (Å²) in [5.74, 6) is -1.50. The number of urea groups is 1. The van der Waals surface area contributed by atoms with Gasteiger partial charge in [-0.1, -0.05) is 30.3 Å². The molecule has 0 heterocycles. The molecule has 2 rings (SSSR count). The minimum atomic E-state index is -2.05. The second-order valence-electron chi connectivity index (χ2n) is 6.55. The van der Waals surface area contributed by atoms with Crippen LogP contribution in [0.25, 0.3) is 0 Å². The van der Waals surface area contributed by atoms with E-state index in [-0.39, 0.29) is 12.3 Å². The fourth-order valence-electron chi connectivity index (χ4n) is 2.30. The number of carbonyl (C=O) groups is 3. The van der Waals surface area contributed by atoms with E-state index in [2.05, 4.69) is 10.6 Å². The maximum absolute atomic E-state index is 12.4. The Bertz CT molecular complexity index is 835. The summed E-state index contributed by atoms with van der Waals surface area (Å²) in [5.41, 5.74) is 0.0131. The number of nitrogens with one attached hydrogen (secondary N) is 2. The highest BCUT2D eigenvalue weighted by Gasteiger charge is 2.30. The number of carboxylic acid groups (broad SMARTS) is 1. The lowest BCUT2D eigenvalue weighted by Crippen LogP contribution is -2.47. The van der Waals surface area contributed by atoms with Crippen molar-refractivity contribution in [2.24, 2.45) is 0 Å². The first kappa shape index (κ1) is 20.9. The molecule has 2 aromatic rings. The largest absolute Gasteiger partial charge is 0.479 e. The molecule has 0 bridgehead atoms. The number of likely N-dealkylation sites (N-methyl/N-ethyl adjacent to an activating group) is 1. The summed E-state index contributed by atoms with van der Waals surface area (Å²) in [4.78, 5) is 36.6. The summed E-state index contributed by atoms with van der Waals surface area (Å²) in [6, 6.07) is 15.4. The minimum absolute atomic E-state index is 0.0689. The van der Waals surface area contributed by atoms with Crippen molar-refractivity contribution >= 4 is 29.3 Å². The first-order chi connectivity index (χ1) is 13.2. The molecule has 8 heteroatoms. The van der Waals surface area contributed by atoms with Gasteiger partial charge in [0.1, 0.15) is 0 Å². The molecule has 0 aliphatic rings. The van der Waals surface area contributed by atoms with Crippen LogP contribution in [-0.2, 0) is 16.0 Å². The smallest absolute Gasteiger partial charge is 0.337 e. The van der Waals surface area contributed by atoms with Gasteiger partial charge in [0.15, 0.2) is 5.60 Å². The summed E-state index contributed by atoms with van der Waals surface area (Å²) < 4.78 is 0. The molecule has 8 nitrogen and oxygen atoms in total. The summed E-state index contributed by atoms with van der Waals surface area (Å²) >= 11 is 0. The molecule has 3 amide bonds. The van der Waals surface area contributed by atoms with E-state index in [0.717, 1.165) is 18.2 Å². The van der Waals surface area contributed by atoms with Gasteiger partial charge < -0.3 is 25.7 Å².